The van der Waals surface area contributed by atoms with Crippen molar-refractivity contribution in [2.75, 3.05) is 19.7 Å². The number of carbonyl (C=O) groups is 1. The molecule has 0 aromatic rings. The number of hydrogen-bond donors (Lipinski definition) is 1. The van der Waals surface area contributed by atoms with E-state index in [1.54, 1.807) is 20.8 Å². The molecule has 5 heteroatoms. The van der Waals surface area contributed by atoms with E-state index in [1.807, 2.05) is 0 Å². The third kappa shape index (κ3) is 4.50. The van der Waals surface area contributed by atoms with E-state index in [1.165, 1.54) is 4.90 Å². The maximum atomic E-state index is 13.7. The Hall–Kier alpha value is -0.840. The van der Waals surface area contributed by atoms with Crippen molar-refractivity contribution in [2.24, 2.45) is 5.92 Å². The number of ether oxygens (including phenoxy) is 1. The van der Waals surface area contributed by atoms with Gasteiger partial charge in [0.1, 0.15) is 11.8 Å². The molecule has 1 rings (SSSR count). The van der Waals surface area contributed by atoms with E-state index in [4.69, 9.17) is 9.84 Å². The number of nitrogens with zero attached hydrogens (tertiary/aromatic N) is 1. The molecule has 100 valence electrons. The summed E-state index contributed by atoms with van der Waals surface area (Å²) >= 11 is 0. The molecule has 17 heavy (non-hydrogen) atoms. The zero-order valence-electron chi connectivity index (χ0n) is 10.8. The summed E-state index contributed by atoms with van der Waals surface area (Å²) in [4.78, 5) is 13.1. The van der Waals surface area contributed by atoms with Gasteiger partial charge in [0.25, 0.3) is 0 Å². The average Bonchev–Trinajstić information content (AvgIpc) is 2.18. The first-order valence-corrected chi connectivity index (χ1v) is 6.06. The highest BCUT2D eigenvalue weighted by atomic mass is 19.1. The van der Waals surface area contributed by atoms with Crippen molar-refractivity contribution < 1.29 is 19.0 Å². The molecule has 1 saturated heterocycles. The molecule has 0 bridgehead atoms. The van der Waals surface area contributed by atoms with E-state index < -0.39 is 17.9 Å². The van der Waals surface area contributed by atoms with Crippen molar-refractivity contribution in [1.82, 2.24) is 4.90 Å². The molecule has 0 saturated carbocycles. The Labute approximate surface area is 102 Å². The van der Waals surface area contributed by atoms with Crippen LogP contribution in [0, 0.1) is 5.92 Å². The lowest BCUT2D eigenvalue weighted by molar-refractivity contribution is 0.00325. The maximum absolute atomic E-state index is 13.7. The number of aliphatic hydroxyl groups is 1. The van der Waals surface area contributed by atoms with Gasteiger partial charge in [0, 0.05) is 13.2 Å². The first-order chi connectivity index (χ1) is 7.83. The minimum atomic E-state index is -1.07. The highest BCUT2D eigenvalue weighted by Gasteiger charge is 2.33. The van der Waals surface area contributed by atoms with Crippen LogP contribution in [-0.4, -0.2) is 47.6 Å². The van der Waals surface area contributed by atoms with E-state index in [9.17, 15) is 9.18 Å². The van der Waals surface area contributed by atoms with E-state index in [0.29, 0.717) is 19.4 Å². The Morgan fingerprint density at radius 2 is 2.18 bits per heavy atom. The van der Waals surface area contributed by atoms with Crippen LogP contribution in [0.1, 0.15) is 33.6 Å². The summed E-state index contributed by atoms with van der Waals surface area (Å²) in [6.45, 7) is 5.93. The average molecular weight is 247 g/mol. The van der Waals surface area contributed by atoms with Crippen LogP contribution in [0.5, 0.6) is 0 Å². The van der Waals surface area contributed by atoms with Crippen molar-refractivity contribution in [2.45, 2.75) is 45.4 Å². The van der Waals surface area contributed by atoms with E-state index in [0.717, 1.165) is 0 Å². The molecular formula is C12H22FNO3. The quantitative estimate of drug-likeness (QED) is 0.811. The predicted molar refractivity (Wildman–Crippen MR) is 62.5 cm³/mol. The zero-order chi connectivity index (χ0) is 13.1. The molecule has 1 N–H and O–H groups in total. The molecule has 4 nitrogen and oxygen atoms in total. The first kappa shape index (κ1) is 14.2. The zero-order valence-corrected chi connectivity index (χ0v) is 10.8. The molecule has 1 aliphatic heterocycles. The van der Waals surface area contributed by atoms with Crippen molar-refractivity contribution >= 4 is 6.09 Å². The number of carbonyl (C=O) groups excluding carboxylic acids is 1. The van der Waals surface area contributed by atoms with E-state index in [2.05, 4.69) is 0 Å². The van der Waals surface area contributed by atoms with Crippen LogP contribution in [0.15, 0.2) is 0 Å². The fraction of sp³-hybridized carbons (Fsp3) is 0.917. The lowest BCUT2D eigenvalue weighted by Crippen LogP contribution is -2.47. The standard InChI is InChI=1S/C12H22FNO3/c1-12(2,3)17-11(16)14-6-4-9(5-7-15)10(13)8-14/h9-10,15H,4-8H2,1-3H3. The molecule has 2 atom stereocenters. The Kier molecular flexibility index (Phi) is 4.74. The van der Waals surface area contributed by atoms with Gasteiger partial charge in [-0.2, -0.15) is 0 Å². The largest absolute Gasteiger partial charge is 0.444 e. The number of amides is 1. The number of likely N-dealkylation sites (tertiary alicyclic amines) is 1. The highest BCUT2D eigenvalue weighted by Crippen LogP contribution is 2.24. The number of halogens is 1. The molecule has 1 aliphatic rings. The van der Waals surface area contributed by atoms with Crippen LogP contribution < -0.4 is 0 Å². The van der Waals surface area contributed by atoms with Gasteiger partial charge in [0.15, 0.2) is 0 Å². The fourth-order valence-corrected chi connectivity index (χ4v) is 1.94. The second kappa shape index (κ2) is 5.67. The summed E-state index contributed by atoms with van der Waals surface area (Å²) in [5, 5.41) is 8.79. The summed E-state index contributed by atoms with van der Waals surface area (Å²) in [6.07, 6.45) is -0.476. The lowest BCUT2D eigenvalue weighted by Gasteiger charge is -2.35. The van der Waals surface area contributed by atoms with Gasteiger partial charge in [-0.15, -0.1) is 0 Å². The molecule has 0 radical (unpaired) electrons. The van der Waals surface area contributed by atoms with Crippen molar-refractivity contribution in [3.63, 3.8) is 0 Å². The monoisotopic (exact) mass is 247 g/mol. The van der Waals surface area contributed by atoms with E-state index in [-0.39, 0.29) is 19.1 Å². The van der Waals surface area contributed by atoms with Gasteiger partial charge in [-0.05, 0) is 39.5 Å². The fourth-order valence-electron chi connectivity index (χ4n) is 1.94. The third-order valence-electron chi connectivity index (χ3n) is 2.83. The summed E-state index contributed by atoms with van der Waals surface area (Å²) < 4.78 is 18.9. The van der Waals surface area contributed by atoms with Gasteiger partial charge in [0.2, 0.25) is 0 Å². The van der Waals surface area contributed by atoms with Crippen LogP contribution in [0.2, 0.25) is 0 Å². The molecule has 1 amide bonds. The maximum Gasteiger partial charge on any atom is 0.410 e. The summed E-state index contributed by atoms with van der Waals surface area (Å²) in [7, 11) is 0. The SMILES string of the molecule is CC(C)(C)OC(=O)N1CCC(CCO)C(F)C1. The molecule has 1 heterocycles. The Morgan fingerprint density at radius 3 is 2.65 bits per heavy atom. The van der Waals surface area contributed by atoms with Crippen LogP contribution in [-0.2, 0) is 4.74 Å². The topological polar surface area (TPSA) is 49.8 Å². The van der Waals surface area contributed by atoms with Gasteiger partial charge in [-0.1, -0.05) is 0 Å². The van der Waals surface area contributed by atoms with Crippen LogP contribution in [0.4, 0.5) is 9.18 Å². The molecule has 0 aliphatic carbocycles. The molecule has 2 unspecified atom stereocenters. The van der Waals surface area contributed by atoms with Gasteiger partial charge in [-0.25, -0.2) is 9.18 Å². The van der Waals surface area contributed by atoms with Crippen LogP contribution >= 0.6 is 0 Å². The smallest absolute Gasteiger partial charge is 0.410 e. The summed E-state index contributed by atoms with van der Waals surface area (Å²) in [5.74, 6) is -0.140. The third-order valence-corrected chi connectivity index (χ3v) is 2.83. The Morgan fingerprint density at radius 1 is 1.53 bits per heavy atom. The van der Waals surface area contributed by atoms with Crippen molar-refractivity contribution in [1.29, 1.82) is 0 Å². The van der Waals surface area contributed by atoms with Crippen LogP contribution in [0.25, 0.3) is 0 Å². The Balaban J connectivity index is 2.46. The molecule has 1 fully saturated rings. The van der Waals surface area contributed by atoms with Crippen molar-refractivity contribution in [3.8, 4) is 0 Å². The predicted octanol–water partition coefficient (Wildman–Crippen LogP) is 1.96. The number of hydrogen-bond acceptors (Lipinski definition) is 3. The molecule has 0 aromatic carbocycles. The number of piperidine rings is 1. The molecular weight excluding hydrogens is 225 g/mol. The summed E-state index contributed by atoms with van der Waals surface area (Å²) in [6, 6.07) is 0. The van der Waals surface area contributed by atoms with Gasteiger partial charge in [0.05, 0.1) is 6.54 Å². The van der Waals surface area contributed by atoms with Gasteiger partial charge in [-0.3, -0.25) is 0 Å². The number of alkyl halides is 1. The highest BCUT2D eigenvalue weighted by molar-refractivity contribution is 5.68. The number of aliphatic hydroxyl groups excluding tert-OH is 1. The number of rotatable bonds is 2. The first-order valence-electron chi connectivity index (χ1n) is 6.06. The molecule has 0 aromatic heterocycles. The van der Waals surface area contributed by atoms with Gasteiger partial charge < -0.3 is 14.7 Å². The van der Waals surface area contributed by atoms with Crippen LogP contribution in [0.3, 0.4) is 0 Å². The van der Waals surface area contributed by atoms with Gasteiger partial charge >= 0.3 is 6.09 Å². The second-order valence-electron chi connectivity index (χ2n) is 5.50. The lowest BCUT2D eigenvalue weighted by atomic mass is 9.92. The summed E-state index contributed by atoms with van der Waals surface area (Å²) in [5.41, 5.74) is -0.551. The van der Waals surface area contributed by atoms with E-state index >= 15 is 0 Å². The minimum Gasteiger partial charge on any atom is -0.444 e. The second-order valence-corrected chi connectivity index (χ2v) is 5.50. The normalized spacial score (nSPS) is 25.8. The van der Waals surface area contributed by atoms with Crippen molar-refractivity contribution in [3.05, 3.63) is 0 Å². The Bertz CT molecular complexity index is 265. The molecule has 0 spiro atoms. The minimum absolute atomic E-state index is 0.00246.